The normalized spacial score (nSPS) is 18.5. The van der Waals surface area contributed by atoms with Gasteiger partial charge >= 0.3 is 5.97 Å². The maximum absolute atomic E-state index is 10.3. The van der Waals surface area contributed by atoms with E-state index in [4.69, 9.17) is 5.11 Å². The fraction of sp³-hybridized carbons (Fsp3) is 0.571. The molecule has 0 aromatic rings. The van der Waals surface area contributed by atoms with Gasteiger partial charge in [-0.2, -0.15) is 0 Å². The molecule has 0 aliphatic carbocycles. The van der Waals surface area contributed by atoms with Gasteiger partial charge in [-0.3, -0.25) is 0 Å². The van der Waals surface area contributed by atoms with Crippen molar-refractivity contribution in [3.63, 3.8) is 0 Å². The lowest BCUT2D eigenvalue weighted by molar-refractivity contribution is -0.132. The Morgan fingerprint density at radius 3 is 2.50 bits per heavy atom. The molecule has 0 saturated carbocycles. The maximum atomic E-state index is 10.3. The summed E-state index contributed by atoms with van der Waals surface area (Å²) in [5.74, 6) is -0.827. The molecule has 0 radical (unpaired) electrons. The largest absolute Gasteiger partial charge is 0.478 e. The second-order valence-corrected chi connectivity index (χ2v) is 2.51. The van der Waals surface area contributed by atoms with Gasteiger partial charge in [-0.05, 0) is 13.3 Å². The monoisotopic (exact) mass is 141 g/mol. The molecule has 3 heteroatoms. The second-order valence-electron chi connectivity index (χ2n) is 2.51. The van der Waals surface area contributed by atoms with E-state index in [9.17, 15) is 4.79 Å². The molecule has 0 amide bonds. The zero-order valence-corrected chi connectivity index (χ0v) is 6.00. The van der Waals surface area contributed by atoms with Crippen LogP contribution < -0.4 is 0 Å². The van der Waals surface area contributed by atoms with Gasteiger partial charge in [0.2, 0.25) is 0 Å². The number of carboxylic acids is 1. The summed E-state index contributed by atoms with van der Waals surface area (Å²) in [6.45, 7) is 3.62. The van der Waals surface area contributed by atoms with E-state index in [2.05, 4.69) is 0 Å². The van der Waals surface area contributed by atoms with Gasteiger partial charge < -0.3 is 10.0 Å². The van der Waals surface area contributed by atoms with Crippen molar-refractivity contribution in [3.05, 3.63) is 11.8 Å². The minimum absolute atomic E-state index is 0.416. The molecule has 1 aliphatic rings. The Hall–Kier alpha value is -0.990. The third-order valence-corrected chi connectivity index (χ3v) is 1.60. The predicted molar refractivity (Wildman–Crippen MR) is 37.6 cm³/mol. The first-order chi connectivity index (χ1) is 4.70. The molecule has 0 aromatic heterocycles. The van der Waals surface area contributed by atoms with E-state index < -0.39 is 5.97 Å². The molecule has 1 heterocycles. The van der Waals surface area contributed by atoms with Crippen LogP contribution in [0.2, 0.25) is 0 Å². The van der Waals surface area contributed by atoms with Crippen LogP contribution in [0.4, 0.5) is 0 Å². The van der Waals surface area contributed by atoms with Crippen LogP contribution in [0.25, 0.3) is 0 Å². The van der Waals surface area contributed by atoms with Gasteiger partial charge in [-0.15, -0.1) is 0 Å². The topological polar surface area (TPSA) is 40.5 Å². The van der Waals surface area contributed by atoms with Crippen LogP contribution in [0.3, 0.4) is 0 Å². The minimum Gasteiger partial charge on any atom is -0.478 e. The van der Waals surface area contributed by atoms with Gasteiger partial charge in [0.1, 0.15) is 0 Å². The molecule has 1 saturated heterocycles. The van der Waals surface area contributed by atoms with E-state index in [-0.39, 0.29) is 0 Å². The highest BCUT2D eigenvalue weighted by Crippen LogP contribution is 2.08. The lowest BCUT2D eigenvalue weighted by Crippen LogP contribution is -2.32. The summed E-state index contributed by atoms with van der Waals surface area (Å²) in [7, 11) is 0. The van der Waals surface area contributed by atoms with E-state index in [1.807, 2.05) is 4.90 Å². The molecule has 0 unspecified atom stereocenters. The van der Waals surface area contributed by atoms with Crippen LogP contribution in [0, 0.1) is 0 Å². The van der Waals surface area contributed by atoms with Crippen molar-refractivity contribution in [1.29, 1.82) is 0 Å². The van der Waals surface area contributed by atoms with Crippen LogP contribution in [0.15, 0.2) is 11.8 Å². The molecule has 1 fully saturated rings. The molecular weight excluding hydrogens is 130 g/mol. The number of aliphatic carboxylic acids is 1. The molecule has 56 valence electrons. The quantitative estimate of drug-likeness (QED) is 0.575. The van der Waals surface area contributed by atoms with E-state index in [1.165, 1.54) is 6.42 Å². The SMILES string of the molecule is CC(=CN1CCC1)C(=O)O. The number of rotatable bonds is 2. The van der Waals surface area contributed by atoms with Crippen LogP contribution in [0.5, 0.6) is 0 Å². The van der Waals surface area contributed by atoms with E-state index in [0.29, 0.717) is 5.57 Å². The number of carbonyl (C=O) groups is 1. The maximum Gasteiger partial charge on any atom is 0.332 e. The van der Waals surface area contributed by atoms with Gasteiger partial charge in [0, 0.05) is 24.9 Å². The molecular formula is C7H11NO2. The van der Waals surface area contributed by atoms with Gasteiger partial charge in [-0.1, -0.05) is 0 Å². The average Bonchev–Trinajstić information content (AvgIpc) is 1.77. The third-order valence-electron chi connectivity index (χ3n) is 1.60. The van der Waals surface area contributed by atoms with Crippen molar-refractivity contribution in [3.8, 4) is 0 Å². The van der Waals surface area contributed by atoms with Crippen molar-refractivity contribution >= 4 is 5.97 Å². The standard InChI is InChI=1S/C7H11NO2/c1-6(7(9)10)5-8-3-2-4-8/h5H,2-4H2,1H3,(H,9,10). The zero-order chi connectivity index (χ0) is 7.56. The summed E-state index contributed by atoms with van der Waals surface area (Å²) in [5, 5.41) is 8.46. The van der Waals surface area contributed by atoms with Crippen molar-refractivity contribution in [2.45, 2.75) is 13.3 Å². The summed E-state index contributed by atoms with van der Waals surface area (Å²) >= 11 is 0. The highest BCUT2D eigenvalue weighted by atomic mass is 16.4. The van der Waals surface area contributed by atoms with Crippen LogP contribution in [0.1, 0.15) is 13.3 Å². The first-order valence-corrected chi connectivity index (χ1v) is 3.36. The van der Waals surface area contributed by atoms with Crippen LogP contribution >= 0.6 is 0 Å². The number of likely N-dealkylation sites (tertiary alicyclic amines) is 1. The summed E-state index contributed by atoms with van der Waals surface area (Å²) in [4.78, 5) is 12.3. The zero-order valence-electron chi connectivity index (χ0n) is 6.00. The third kappa shape index (κ3) is 1.50. The van der Waals surface area contributed by atoms with E-state index >= 15 is 0 Å². The lowest BCUT2D eigenvalue weighted by Gasteiger charge is -2.29. The predicted octanol–water partition coefficient (Wildman–Crippen LogP) is 0.681. The molecule has 0 atom stereocenters. The van der Waals surface area contributed by atoms with Gasteiger partial charge in [0.05, 0.1) is 0 Å². The van der Waals surface area contributed by atoms with Gasteiger partial charge in [-0.25, -0.2) is 4.79 Å². The Bertz CT molecular complexity index is 170. The fourth-order valence-corrected chi connectivity index (χ4v) is 0.799. The summed E-state index contributed by atoms with van der Waals surface area (Å²) in [5.41, 5.74) is 0.416. The van der Waals surface area contributed by atoms with E-state index in [1.54, 1.807) is 13.1 Å². The number of carboxylic acid groups (broad SMARTS) is 1. The summed E-state index contributed by atoms with van der Waals surface area (Å²) < 4.78 is 0. The minimum atomic E-state index is -0.827. The fourth-order valence-electron chi connectivity index (χ4n) is 0.799. The van der Waals surface area contributed by atoms with Crippen molar-refractivity contribution in [2.75, 3.05) is 13.1 Å². The van der Waals surface area contributed by atoms with Crippen LogP contribution in [-0.2, 0) is 4.79 Å². The molecule has 10 heavy (non-hydrogen) atoms. The number of hydrogen-bond acceptors (Lipinski definition) is 2. The second kappa shape index (κ2) is 2.73. The van der Waals surface area contributed by atoms with Crippen molar-refractivity contribution in [2.24, 2.45) is 0 Å². The molecule has 0 spiro atoms. The Morgan fingerprint density at radius 2 is 2.20 bits per heavy atom. The Balaban J connectivity index is 2.44. The Morgan fingerprint density at radius 1 is 1.60 bits per heavy atom. The lowest BCUT2D eigenvalue weighted by atomic mass is 10.2. The summed E-state index contributed by atoms with van der Waals surface area (Å²) in [6.07, 6.45) is 2.88. The van der Waals surface area contributed by atoms with Crippen LogP contribution in [-0.4, -0.2) is 29.1 Å². The molecule has 3 nitrogen and oxygen atoms in total. The van der Waals surface area contributed by atoms with E-state index in [0.717, 1.165) is 13.1 Å². The Kier molecular flexibility index (Phi) is 1.94. The molecule has 1 rings (SSSR count). The Labute approximate surface area is 59.9 Å². The van der Waals surface area contributed by atoms with Crippen molar-refractivity contribution in [1.82, 2.24) is 4.90 Å². The van der Waals surface area contributed by atoms with Gasteiger partial charge in [0.25, 0.3) is 0 Å². The van der Waals surface area contributed by atoms with Crippen molar-refractivity contribution < 1.29 is 9.90 Å². The molecule has 1 aliphatic heterocycles. The average molecular weight is 141 g/mol. The first-order valence-electron chi connectivity index (χ1n) is 3.36. The molecule has 0 bridgehead atoms. The first kappa shape index (κ1) is 7.12. The number of hydrogen-bond donors (Lipinski definition) is 1. The number of nitrogens with zero attached hydrogens (tertiary/aromatic N) is 1. The smallest absolute Gasteiger partial charge is 0.332 e. The van der Waals surface area contributed by atoms with Gasteiger partial charge in [0.15, 0.2) is 0 Å². The molecule has 0 aromatic carbocycles. The highest BCUT2D eigenvalue weighted by Gasteiger charge is 2.10. The highest BCUT2D eigenvalue weighted by molar-refractivity contribution is 5.85. The molecule has 1 N–H and O–H groups in total. The summed E-state index contributed by atoms with van der Waals surface area (Å²) in [6, 6.07) is 0.